The molecule has 1 atom stereocenters. The van der Waals surface area contributed by atoms with Gasteiger partial charge in [-0.15, -0.1) is 0 Å². The minimum absolute atomic E-state index is 0.00226. The van der Waals surface area contributed by atoms with E-state index in [4.69, 9.17) is 23.2 Å². The van der Waals surface area contributed by atoms with Crippen molar-refractivity contribution in [2.24, 2.45) is 0 Å². The van der Waals surface area contributed by atoms with Gasteiger partial charge in [-0.2, -0.15) is 4.31 Å². The predicted octanol–water partition coefficient (Wildman–Crippen LogP) is 2.58. The molecule has 3 rings (SSSR count). The molecule has 0 unspecified atom stereocenters. The lowest BCUT2D eigenvalue weighted by molar-refractivity contribution is -0.119. The molecule has 1 aliphatic rings. The summed E-state index contributed by atoms with van der Waals surface area (Å²) in [6.45, 7) is 0.246. The van der Waals surface area contributed by atoms with E-state index in [1.54, 1.807) is 6.07 Å². The fourth-order valence-corrected chi connectivity index (χ4v) is 4.67. The largest absolute Gasteiger partial charge is 0.293 e. The van der Waals surface area contributed by atoms with Gasteiger partial charge in [0, 0.05) is 18.9 Å². The van der Waals surface area contributed by atoms with Crippen molar-refractivity contribution in [1.82, 2.24) is 14.3 Å². The number of hydrogen-bond acceptors (Lipinski definition) is 5. The fourth-order valence-electron chi connectivity index (χ4n) is 2.62. The van der Waals surface area contributed by atoms with Gasteiger partial charge in [-0.3, -0.25) is 10.1 Å². The van der Waals surface area contributed by atoms with Crippen LogP contribution in [0.25, 0.3) is 0 Å². The van der Waals surface area contributed by atoms with Crippen molar-refractivity contribution in [3.8, 4) is 0 Å². The van der Waals surface area contributed by atoms with E-state index in [1.807, 2.05) is 0 Å². The zero-order valence-electron chi connectivity index (χ0n) is 12.9. The van der Waals surface area contributed by atoms with Crippen molar-refractivity contribution in [2.75, 3.05) is 11.9 Å². The Bertz CT molecular complexity index is 893. The standard InChI is InChI=1S/C15H14Cl2N4O3S/c16-11-5-4-10(9-12(11)17)25(23,24)21-8-1-3-13(21)14(22)20-15-18-6-2-7-19-15/h2,4-7,9,13H,1,3,8H2,(H,18,19,20,22)/t13-/m1/s1. The molecule has 1 aromatic carbocycles. The Morgan fingerprint density at radius 3 is 2.60 bits per heavy atom. The third-order valence-corrected chi connectivity index (χ3v) is 6.45. The number of aromatic nitrogens is 2. The van der Waals surface area contributed by atoms with Crippen LogP contribution in [0.15, 0.2) is 41.6 Å². The minimum atomic E-state index is -3.88. The van der Waals surface area contributed by atoms with Crippen LogP contribution >= 0.6 is 23.2 Å². The van der Waals surface area contributed by atoms with Gasteiger partial charge < -0.3 is 0 Å². The Morgan fingerprint density at radius 1 is 1.20 bits per heavy atom. The maximum Gasteiger partial charge on any atom is 0.245 e. The molecule has 0 aliphatic carbocycles. The molecular weight excluding hydrogens is 387 g/mol. The summed E-state index contributed by atoms with van der Waals surface area (Å²) in [4.78, 5) is 20.3. The van der Waals surface area contributed by atoms with E-state index in [-0.39, 0.29) is 27.4 Å². The zero-order valence-corrected chi connectivity index (χ0v) is 15.2. The molecule has 0 spiro atoms. The van der Waals surface area contributed by atoms with E-state index in [0.29, 0.717) is 12.8 Å². The molecule has 1 N–H and O–H groups in total. The summed E-state index contributed by atoms with van der Waals surface area (Å²) in [5, 5.41) is 2.94. The van der Waals surface area contributed by atoms with Gasteiger partial charge >= 0.3 is 0 Å². The Labute approximate surface area is 155 Å². The highest BCUT2D eigenvalue weighted by Gasteiger charge is 2.39. The molecule has 0 radical (unpaired) electrons. The molecular formula is C15H14Cl2N4O3S. The summed E-state index contributed by atoms with van der Waals surface area (Å²) in [5.74, 6) is -0.335. The highest BCUT2D eigenvalue weighted by atomic mass is 35.5. The minimum Gasteiger partial charge on any atom is -0.293 e. The summed E-state index contributed by atoms with van der Waals surface area (Å²) in [5.41, 5.74) is 0. The summed E-state index contributed by atoms with van der Waals surface area (Å²) >= 11 is 11.8. The van der Waals surface area contributed by atoms with Crippen molar-refractivity contribution in [1.29, 1.82) is 0 Å². The van der Waals surface area contributed by atoms with Crippen LogP contribution in [0.2, 0.25) is 10.0 Å². The van der Waals surface area contributed by atoms with Gasteiger partial charge in [-0.25, -0.2) is 18.4 Å². The van der Waals surface area contributed by atoms with Crippen molar-refractivity contribution < 1.29 is 13.2 Å². The molecule has 1 aliphatic heterocycles. The van der Waals surface area contributed by atoms with Crippen molar-refractivity contribution in [3.63, 3.8) is 0 Å². The van der Waals surface area contributed by atoms with Crippen LogP contribution in [0.4, 0.5) is 5.95 Å². The second kappa shape index (κ2) is 7.25. The van der Waals surface area contributed by atoms with Crippen molar-refractivity contribution >= 4 is 45.1 Å². The molecule has 2 heterocycles. The number of nitrogens with zero attached hydrogens (tertiary/aromatic N) is 3. The first kappa shape index (κ1) is 18.1. The lowest BCUT2D eigenvalue weighted by Gasteiger charge is -2.23. The second-order valence-corrected chi connectivity index (χ2v) is 8.12. The van der Waals surface area contributed by atoms with Crippen LogP contribution in [0.5, 0.6) is 0 Å². The number of halogens is 2. The van der Waals surface area contributed by atoms with E-state index in [0.717, 1.165) is 0 Å². The summed E-state index contributed by atoms with van der Waals surface area (Å²) in [6.07, 6.45) is 3.97. The number of rotatable bonds is 4. The summed E-state index contributed by atoms with van der Waals surface area (Å²) in [7, 11) is -3.88. The number of carbonyl (C=O) groups excluding carboxylic acids is 1. The predicted molar refractivity (Wildman–Crippen MR) is 94.0 cm³/mol. The Hall–Kier alpha value is -1.74. The number of amides is 1. The first-order valence-electron chi connectivity index (χ1n) is 7.44. The van der Waals surface area contributed by atoms with Gasteiger partial charge in [0.15, 0.2) is 0 Å². The third kappa shape index (κ3) is 3.77. The number of benzene rings is 1. The summed E-state index contributed by atoms with van der Waals surface area (Å²) < 4.78 is 26.9. The van der Waals surface area contributed by atoms with Crippen LogP contribution in [-0.2, 0) is 14.8 Å². The lowest BCUT2D eigenvalue weighted by atomic mass is 10.2. The third-order valence-electron chi connectivity index (χ3n) is 3.80. The Morgan fingerprint density at radius 2 is 1.92 bits per heavy atom. The maximum atomic E-state index is 12.9. The molecule has 10 heteroatoms. The molecule has 1 aromatic heterocycles. The van der Waals surface area contributed by atoms with E-state index in [1.165, 1.54) is 34.9 Å². The number of nitrogens with one attached hydrogen (secondary N) is 1. The van der Waals surface area contributed by atoms with Gasteiger partial charge in [0.2, 0.25) is 21.9 Å². The Balaban J connectivity index is 1.85. The van der Waals surface area contributed by atoms with E-state index in [2.05, 4.69) is 15.3 Å². The quantitative estimate of drug-likeness (QED) is 0.850. The molecule has 1 fully saturated rings. The van der Waals surface area contributed by atoms with Crippen LogP contribution in [-0.4, -0.2) is 41.2 Å². The SMILES string of the molecule is O=C(Nc1ncccn1)[C@H]1CCCN1S(=O)(=O)c1ccc(Cl)c(Cl)c1. The highest BCUT2D eigenvalue weighted by Crippen LogP contribution is 2.30. The van der Waals surface area contributed by atoms with Crippen molar-refractivity contribution in [3.05, 3.63) is 46.7 Å². The summed E-state index contributed by atoms with van der Waals surface area (Å²) in [6, 6.07) is 4.86. The maximum absolute atomic E-state index is 12.9. The smallest absolute Gasteiger partial charge is 0.245 e. The highest BCUT2D eigenvalue weighted by molar-refractivity contribution is 7.89. The van der Waals surface area contributed by atoms with Crippen LogP contribution < -0.4 is 5.32 Å². The van der Waals surface area contributed by atoms with Crippen LogP contribution in [0, 0.1) is 0 Å². The number of anilines is 1. The Kier molecular flexibility index (Phi) is 5.24. The molecule has 0 saturated carbocycles. The normalized spacial score (nSPS) is 18.2. The van der Waals surface area contributed by atoms with E-state index >= 15 is 0 Å². The molecule has 0 bridgehead atoms. The molecule has 7 nitrogen and oxygen atoms in total. The van der Waals surface area contributed by atoms with Gasteiger partial charge in [-0.05, 0) is 37.1 Å². The number of hydrogen-bond donors (Lipinski definition) is 1. The second-order valence-electron chi connectivity index (χ2n) is 5.41. The molecule has 1 saturated heterocycles. The first-order chi connectivity index (χ1) is 11.9. The number of carbonyl (C=O) groups is 1. The van der Waals surface area contributed by atoms with Gasteiger partial charge in [0.1, 0.15) is 6.04 Å². The number of sulfonamides is 1. The topological polar surface area (TPSA) is 92.3 Å². The average Bonchev–Trinajstić information content (AvgIpc) is 3.09. The monoisotopic (exact) mass is 400 g/mol. The molecule has 1 amide bonds. The van der Waals surface area contributed by atoms with Gasteiger partial charge in [-0.1, -0.05) is 23.2 Å². The first-order valence-corrected chi connectivity index (χ1v) is 9.64. The van der Waals surface area contributed by atoms with Gasteiger partial charge in [0.25, 0.3) is 0 Å². The molecule has 2 aromatic rings. The van der Waals surface area contributed by atoms with Crippen LogP contribution in [0.3, 0.4) is 0 Å². The average molecular weight is 401 g/mol. The fraction of sp³-hybridized carbons (Fsp3) is 0.267. The van der Waals surface area contributed by atoms with E-state index in [9.17, 15) is 13.2 Å². The van der Waals surface area contributed by atoms with E-state index < -0.39 is 22.0 Å². The van der Waals surface area contributed by atoms with Crippen LogP contribution in [0.1, 0.15) is 12.8 Å². The van der Waals surface area contributed by atoms with Gasteiger partial charge in [0.05, 0.1) is 14.9 Å². The molecule has 132 valence electrons. The molecule has 25 heavy (non-hydrogen) atoms. The zero-order chi connectivity index (χ0) is 18.0. The van der Waals surface area contributed by atoms with Crippen molar-refractivity contribution in [2.45, 2.75) is 23.8 Å². The lowest BCUT2D eigenvalue weighted by Crippen LogP contribution is -2.43.